The van der Waals surface area contributed by atoms with E-state index in [0.29, 0.717) is 16.1 Å². The van der Waals surface area contributed by atoms with Gasteiger partial charge in [-0.05, 0) is 36.4 Å². The molecule has 1 aromatic carbocycles. The summed E-state index contributed by atoms with van der Waals surface area (Å²) in [6, 6.07) is 8.99. The van der Waals surface area contributed by atoms with Crippen LogP contribution in [-0.2, 0) is 14.3 Å². The lowest BCUT2D eigenvalue weighted by molar-refractivity contribution is -0.150. The fourth-order valence-corrected chi connectivity index (χ4v) is 2.98. The van der Waals surface area contributed by atoms with Crippen molar-refractivity contribution >= 4 is 40.6 Å². The van der Waals surface area contributed by atoms with Crippen molar-refractivity contribution in [2.45, 2.75) is 26.8 Å². The first-order chi connectivity index (χ1) is 13.3. The monoisotopic (exact) mass is 402 g/mol. The van der Waals surface area contributed by atoms with Crippen LogP contribution in [0, 0.1) is 5.92 Å². The third-order valence-electron chi connectivity index (χ3n) is 3.85. The Kier molecular flexibility index (Phi) is 7.45. The molecule has 0 saturated heterocycles. The summed E-state index contributed by atoms with van der Waals surface area (Å²) >= 11 is 1.27. The summed E-state index contributed by atoms with van der Waals surface area (Å²) in [7, 11) is 0. The molecule has 0 aliphatic rings. The molecule has 148 valence electrons. The number of carbonyl (C=O) groups is 4. The van der Waals surface area contributed by atoms with Gasteiger partial charge in [0, 0.05) is 11.3 Å². The summed E-state index contributed by atoms with van der Waals surface area (Å²) < 4.78 is 5.07. The van der Waals surface area contributed by atoms with Crippen LogP contribution in [0.4, 0.5) is 5.69 Å². The molecule has 8 heteroatoms. The van der Waals surface area contributed by atoms with Crippen molar-refractivity contribution < 1.29 is 23.9 Å². The van der Waals surface area contributed by atoms with Gasteiger partial charge in [-0.2, -0.15) is 0 Å². The van der Waals surface area contributed by atoms with Crippen molar-refractivity contribution in [1.82, 2.24) is 5.32 Å². The van der Waals surface area contributed by atoms with Crippen molar-refractivity contribution in [1.29, 1.82) is 0 Å². The van der Waals surface area contributed by atoms with Crippen LogP contribution in [0.1, 0.15) is 40.8 Å². The number of ketones is 1. The van der Waals surface area contributed by atoms with Gasteiger partial charge < -0.3 is 15.4 Å². The molecule has 1 heterocycles. The molecule has 0 spiro atoms. The normalized spacial score (nSPS) is 11.6. The summed E-state index contributed by atoms with van der Waals surface area (Å²) in [6.07, 6.45) is 0. The number of amides is 2. The maximum absolute atomic E-state index is 12.3. The number of Topliss-reactive ketones (excluding diaryl/α,β-unsaturated/α-hetero) is 1. The summed E-state index contributed by atoms with van der Waals surface area (Å²) in [5.41, 5.74) is 0.895. The zero-order chi connectivity index (χ0) is 20.7. The molecule has 2 rings (SSSR count). The SMILES string of the molecule is CC(=O)c1cccc(NC(=O)COC(=O)[C@H](NC(=O)c2cccs2)C(C)C)c1. The average Bonchev–Trinajstić information content (AvgIpc) is 3.18. The molecule has 2 N–H and O–H groups in total. The largest absolute Gasteiger partial charge is 0.454 e. The van der Waals surface area contributed by atoms with Gasteiger partial charge in [-0.3, -0.25) is 14.4 Å². The first-order valence-corrected chi connectivity index (χ1v) is 9.57. The van der Waals surface area contributed by atoms with Crippen molar-refractivity contribution in [3.05, 3.63) is 52.2 Å². The maximum Gasteiger partial charge on any atom is 0.329 e. The third kappa shape index (κ3) is 6.02. The Morgan fingerprint density at radius 3 is 2.46 bits per heavy atom. The van der Waals surface area contributed by atoms with Crippen molar-refractivity contribution in [2.75, 3.05) is 11.9 Å². The van der Waals surface area contributed by atoms with E-state index in [0.717, 1.165) is 0 Å². The smallest absolute Gasteiger partial charge is 0.329 e. The Morgan fingerprint density at radius 2 is 1.86 bits per heavy atom. The lowest BCUT2D eigenvalue weighted by Crippen LogP contribution is -2.45. The predicted molar refractivity (Wildman–Crippen MR) is 106 cm³/mol. The molecule has 0 fully saturated rings. The molecule has 2 amide bonds. The molecule has 0 aliphatic heterocycles. The van der Waals surface area contributed by atoms with Gasteiger partial charge in [0.25, 0.3) is 11.8 Å². The zero-order valence-corrected chi connectivity index (χ0v) is 16.7. The van der Waals surface area contributed by atoms with Crippen molar-refractivity contribution in [3.8, 4) is 0 Å². The van der Waals surface area contributed by atoms with Gasteiger partial charge in [0.1, 0.15) is 6.04 Å². The van der Waals surface area contributed by atoms with E-state index in [1.807, 2.05) is 0 Å². The number of anilines is 1. The van der Waals surface area contributed by atoms with Crippen LogP contribution in [0.3, 0.4) is 0 Å². The van der Waals surface area contributed by atoms with Gasteiger partial charge in [0.05, 0.1) is 4.88 Å². The highest BCUT2D eigenvalue weighted by atomic mass is 32.1. The van der Waals surface area contributed by atoms with Gasteiger partial charge in [0.2, 0.25) is 0 Å². The Balaban J connectivity index is 1.91. The van der Waals surface area contributed by atoms with E-state index in [1.54, 1.807) is 55.6 Å². The van der Waals surface area contributed by atoms with Crippen LogP contribution in [0.5, 0.6) is 0 Å². The van der Waals surface area contributed by atoms with Crippen LogP contribution in [0.15, 0.2) is 41.8 Å². The second-order valence-electron chi connectivity index (χ2n) is 6.47. The molecular formula is C20H22N2O5S. The Bertz CT molecular complexity index is 861. The molecule has 7 nitrogen and oxygen atoms in total. The third-order valence-corrected chi connectivity index (χ3v) is 4.72. The molecule has 0 saturated carbocycles. The maximum atomic E-state index is 12.3. The minimum atomic E-state index is -0.872. The summed E-state index contributed by atoms with van der Waals surface area (Å²) in [5.74, 6) is -1.93. The molecule has 0 radical (unpaired) electrons. The molecular weight excluding hydrogens is 380 g/mol. The predicted octanol–water partition coefficient (Wildman–Crippen LogP) is 2.89. The number of nitrogens with one attached hydrogen (secondary N) is 2. The number of rotatable bonds is 8. The van der Waals surface area contributed by atoms with Crippen LogP contribution in [-0.4, -0.2) is 36.2 Å². The van der Waals surface area contributed by atoms with Crippen LogP contribution < -0.4 is 10.6 Å². The summed E-state index contributed by atoms with van der Waals surface area (Å²) in [5, 5.41) is 6.98. The lowest BCUT2D eigenvalue weighted by atomic mass is 10.0. The second kappa shape index (κ2) is 9.80. The van der Waals surface area contributed by atoms with E-state index in [2.05, 4.69) is 10.6 Å². The van der Waals surface area contributed by atoms with Gasteiger partial charge >= 0.3 is 5.97 Å². The highest BCUT2D eigenvalue weighted by Crippen LogP contribution is 2.12. The Morgan fingerprint density at radius 1 is 1.11 bits per heavy atom. The molecule has 0 unspecified atom stereocenters. The van der Waals surface area contributed by atoms with E-state index < -0.39 is 24.5 Å². The van der Waals surface area contributed by atoms with Gasteiger partial charge in [0.15, 0.2) is 12.4 Å². The Labute approximate surface area is 167 Å². The molecule has 28 heavy (non-hydrogen) atoms. The number of esters is 1. The number of benzene rings is 1. The number of hydrogen-bond acceptors (Lipinski definition) is 6. The molecule has 0 aliphatic carbocycles. The number of carbonyl (C=O) groups excluding carboxylic acids is 4. The van der Waals surface area contributed by atoms with Gasteiger partial charge in [-0.1, -0.05) is 32.0 Å². The first-order valence-electron chi connectivity index (χ1n) is 8.69. The molecule has 0 bridgehead atoms. The minimum Gasteiger partial charge on any atom is -0.454 e. The topological polar surface area (TPSA) is 102 Å². The zero-order valence-electron chi connectivity index (χ0n) is 15.9. The fourth-order valence-electron chi connectivity index (χ4n) is 2.36. The number of thiophene rings is 1. The minimum absolute atomic E-state index is 0.121. The molecule has 1 aromatic heterocycles. The van der Waals surface area contributed by atoms with E-state index in [-0.39, 0.29) is 17.6 Å². The lowest BCUT2D eigenvalue weighted by Gasteiger charge is -2.20. The first kappa shape index (κ1) is 21.3. The van der Waals surface area contributed by atoms with Crippen molar-refractivity contribution in [2.24, 2.45) is 5.92 Å². The van der Waals surface area contributed by atoms with Gasteiger partial charge in [-0.15, -0.1) is 11.3 Å². The quantitative estimate of drug-likeness (QED) is 0.522. The van der Waals surface area contributed by atoms with Crippen LogP contribution >= 0.6 is 11.3 Å². The standard InChI is InChI=1S/C20H22N2O5S/c1-12(2)18(22-19(25)16-8-5-9-28-16)20(26)27-11-17(24)21-15-7-4-6-14(10-15)13(3)23/h4-10,12,18H,11H2,1-3H3,(H,21,24)(H,22,25)/t18-/m1/s1. The van der Waals surface area contributed by atoms with E-state index in [1.165, 1.54) is 18.3 Å². The van der Waals surface area contributed by atoms with E-state index >= 15 is 0 Å². The Hall–Kier alpha value is -3.00. The van der Waals surface area contributed by atoms with Crippen LogP contribution in [0.2, 0.25) is 0 Å². The summed E-state index contributed by atoms with van der Waals surface area (Å²) in [4.78, 5) is 48.4. The number of ether oxygens (including phenoxy) is 1. The number of hydrogen-bond donors (Lipinski definition) is 2. The van der Waals surface area contributed by atoms with Crippen LogP contribution in [0.25, 0.3) is 0 Å². The molecule has 2 aromatic rings. The average molecular weight is 402 g/mol. The second-order valence-corrected chi connectivity index (χ2v) is 7.41. The van der Waals surface area contributed by atoms with E-state index in [4.69, 9.17) is 4.74 Å². The molecule has 1 atom stereocenters. The van der Waals surface area contributed by atoms with E-state index in [9.17, 15) is 19.2 Å². The highest BCUT2D eigenvalue weighted by Gasteiger charge is 2.27. The summed E-state index contributed by atoms with van der Waals surface area (Å²) in [6.45, 7) is 4.47. The highest BCUT2D eigenvalue weighted by molar-refractivity contribution is 7.12. The van der Waals surface area contributed by atoms with Crippen molar-refractivity contribution in [3.63, 3.8) is 0 Å². The fraction of sp³-hybridized carbons (Fsp3) is 0.300. The van der Waals surface area contributed by atoms with Gasteiger partial charge in [-0.25, -0.2) is 4.79 Å².